The van der Waals surface area contributed by atoms with E-state index in [-0.39, 0.29) is 6.04 Å². The molecule has 94 valence electrons. The topological polar surface area (TPSA) is 50.9 Å². The number of nitrogens with zero attached hydrogens (tertiary/aromatic N) is 1. The Kier molecular flexibility index (Phi) is 4.54. The van der Waals surface area contributed by atoms with Gasteiger partial charge in [-0.3, -0.25) is 4.98 Å². The van der Waals surface area contributed by atoms with E-state index in [1.165, 1.54) is 12.8 Å². The molecular formula is C13H20BrN3. The Labute approximate surface area is 111 Å². The van der Waals surface area contributed by atoms with Crippen LogP contribution in [0.5, 0.6) is 0 Å². The van der Waals surface area contributed by atoms with Crippen LogP contribution in [0, 0.1) is 11.8 Å². The fourth-order valence-electron chi connectivity index (χ4n) is 2.12. The highest BCUT2D eigenvalue weighted by Crippen LogP contribution is 2.36. The molecule has 3 N–H and O–H groups in total. The van der Waals surface area contributed by atoms with Crippen LogP contribution in [0.4, 0.5) is 0 Å². The van der Waals surface area contributed by atoms with E-state index in [4.69, 9.17) is 5.73 Å². The molecule has 0 amide bonds. The summed E-state index contributed by atoms with van der Waals surface area (Å²) in [5.74, 6) is 1.69. The predicted molar refractivity (Wildman–Crippen MR) is 73.6 cm³/mol. The van der Waals surface area contributed by atoms with E-state index in [0.29, 0.717) is 6.54 Å². The number of nitrogens with one attached hydrogen (secondary N) is 1. The van der Waals surface area contributed by atoms with Gasteiger partial charge in [-0.1, -0.05) is 6.92 Å². The summed E-state index contributed by atoms with van der Waals surface area (Å²) < 4.78 is 1.01. The van der Waals surface area contributed by atoms with Gasteiger partial charge in [0, 0.05) is 29.5 Å². The lowest BCUT2D eigenvalue weighted by Gasteiger charge is -2.20. The highest BCUT2D eigenvalue weighted by molar-refractivity contribution is 9.10. The van der Waals surface area contributed by atoms with Crippen LogP contribution < -0.4 is 11.1 Å². The molecule has 0 bridgehead atoms. The van der Waals surface area contributed by atoms with Crippen LogP contribution in [0.25, 0.3) is 0 Å². The summed E-state index contributed by atoms with van der Waals surface area (Å²) in [6.45, 7) is 3.96. The third-order valence-corrected chi connectivity index (χ3v) is 3.91. The molecule has 17 heavy (non-hydrogen) atoms. The first-order chi connectivity index (χ1) is 8.20. The van der Waals surface area contributed by atoms with Crippen LogP contribution in [-0.4, -0.2) is 18.1 Å². The summed E-state index contributed by atoms with van der Waals surface area (Å²) >= 11 is 3.44. The molecule has 0 radical (unpaired) electrons. The second-order valence-electron chi connectivity index (χ2n) is 4.95. The summed E-state index contributed by atoms with van der Waals surface area (Å²) in [7, 11) is 0. The monoisotopic (exact) mass is 297 g/mol. The van der Waals surface area contributed by atoms with Crippen LogP contribution in [0.2, 0.25) is 0 Å². The van der Waals surface area contributed by atoms with E-state index in [9.17, 15) is 0 Å². The summed E-state index contributed by atoms with van der Waals surface area (Å²) in [4.78, 5) is 4.19. The molecule has 1 aliphatic carbocycles. The largest absolute Gasteiger partial charge is 0.329 e. The molecule has 1 saturated carbocycles. The number of rotatable bonds is 6. The molecule has 4 heteroatoms. The minimum atomic E-state index is 0.209. The first kappa shape index (κ1) is 13.0. The normalized spacial score (nSPS) is 19.0. The lowest BCUT2D eigenvalue weighted by Crippen LogP contribution is -2.32. The maximum atomic E-state index is 5.83. The third-order valence-electron chi connectivity index (χ3n) is 3.48. The van der Waals surface area contributed by atoms with Gasteiger partial charge in [-0.15, -0.1) is 0 Å². The Morgan fingerprint density at radius 3 is 2.88 bits per heavy atom. The summed E-state index contributed by atoms with van der Waals surface area (Å²) in [6, 6.07) is 2.29. The number of hydrogen-bond donors (Lipinski definition) is 2. The Bertz CT molecular complexity index is 365. The lowest BCUT2D eigenvalue weighted by molar-refractivity contribution is 0.422. The molecule has 3 nitrogen and oxygen atoms in total. The van der Waals surface area contributed by atoms with Gasteiger partial charge in [0.1, 0.15) is 0 Å². The van der Waals surface area contributed by atoms with Crippen LogP contribution in [0.3, 0.4) is 0 Å². The first-order valence-corrected chi connectivity index (χ1v) is 7.04. The van der Waals surface area contributed by atoms with E-state index in [1.54, 1.807) is 6.20 Å². The molecule has 0 aromatic carbocycles. The van der Waals surface area contributed by atoms with Gasteiger partial charge < -0.3 is 11.1 Å². The van der Waals surface area contributed by atoms with Gasteiger partial charge >= 0.3 is 0 Å². The Hall–Kier alpha value is -0.450. The van der Waals surface area contributed by atoms with Gasteiger partial charge in [0.15, 0.2) is 0 Å². The van der Waals surface area contributed by atoms with Gasteiger partial charge in [-0.25, -0.2) is 0 Å². The highest BCUT2D eigenvalue weighted by Gasteiger charge is 2.27. The van der Waals surface area contributed by atoms with Gasteiger partial charge in [0.25, 0.3) is 0 Å². The van der Waals surface area contributed by atoms with E-state index >= 15 is 0 Å². The quantitative estimate of drug-likeness (QED) is 0.848. The Morgan fingerprint density at radius 1 is 1.53 bits per heavy atom. The second kappa shape index (κ2) is 5.94. The van der Waals surface area contributed by atoms with Crippen molar-refractivity contribution in [1.82, 2.24) is 10.3 Å². The minimum Gasteiger partial charge on any atom is -0.329 e. The van der Waals surface area contributed by atoms with Crippen LogP contribution in [-0.2, 0) is 0 Å². The van der Waals surface area contributed by atoms with Gasteiger partial charge in [-0.05, 0) is 58.8 Å². The number of nitrogens with two attached hydrogens (primary N) is 1. The van der Waals surface area contributed by atoms with Crippen molar-refractivity contribution in [3.05, 3.63) is 28.5 Å². The lowest BCUT2D eigenvalue weighted by atomic mass is 10.0. The van der Waals surface area contributed by atoms with Crippen molar-refractivity contribution in [1.29, 1.82) is 0 Å². The Balaban J connectivity index is 1.91. The highest BCUT2D eigenvalue weighted by atomic mass is 79.9. The maximum Gasteiger partial charge on any atom is 0.0460 e. The molecule has 1 fully saturated rings. The Morgan fingerprint density at radius 2 is 2.29 bits per heavy atom. The van der Waals surface area contributed by atoms with Crippen LogP contribution in [0.1, 0.15) is 31.4 Å². The van der Waals surface area contributed by atoms with Crippen molar-refractivity contribution in [3.8, 4) is 0 Å². The van der Waals surface area contributed by atoms with Gasteiger partial charge in [0.05, 0.1) is 0 Å². The molecule has 1 heterocycles. The molecule has 1 aliphatic rings. The maximum absolute atomic E-state index is 5.83. The molecule has 1 aromatic rings. The smallest absolute Gasteiger partial charge is 0.0460 e. The standard InChI is InChI=1S/C13H20BrN3/c1-9(10-2-3-10)6-17-13(5-15)11-4-12(14)8-16-7-11/h4,7-10,13,17H,2-3,5-6,15H2,1H3. The van der Waals surface area contributed by atoms with E-state index in [2.05, 4.69) is 39.2 Å². The van der Waals surface area contributed by atoms with Crippen molar-refractivity contribution in [3.63, 3.8) is 0 Å². The molecule has 0 saturated heterocycles. The van der Waals surface area contributed by atoms with Crippen molar-refractivity contribution >= 4 is 15.9 Å². The molecule has 1 aromatic heterocycles. The van der Waals surface area contributed by atoms with Crippen LogP contribution in [0.15, 0.2) is 22.9 Å². The van der Waals surface area contributed by atoms with E-state index in [1.807, 2.05) is 6.20 Å². The summed E-state index contributed by atoms with van der Waals surface area (Å²) in [6.07, 6.45) is 6.48. The fourth-order valence-corrected chi connectivity index (χ4v) is 2.50. The number of pyridine rings is 1. The van der Waals surface area contributed by atoms with Gasteiger partial charge in [-0.2, -0.15) is 0 Å². The van der Waals surface area contributed by atoms with Crippen molar-refractivity contribution in [2.75, 3.05) is 13.1 Å². The molecular weight excluding hydrogens is 278 g/mol. The van der Waals surface area contributed by atoms with Crippen LogP contribution >= 0.6 is 15.9 Å². The zero-order chi connectivity index (χ0) is 12.3. The average molecular weight is 298 g/mol. The molecule has 2 rings (SSSR count). The van der Waals surface area contributed by atoms with Gasteiger partial charge in [0.2, 0.25) is 0 Å². The molecule has 2 atom stereocenters. The average Bonchev–Trinajstić information content (AvgIpc) is 3.13. The summed E-state index contributed by atoms with van der Waals surface area (Å²) in [5.41, 5.74) is 6.98. The van der Waals surface area contributed by atoms with E-state index in [0.717, 1.165) is 28.4 Å². The first-order valence-electron chi connectivity index (χ1n) is 6.24. The molecule has 0 aliphatic heterocycles. The predicted octanol–water partition coefficient (Wildman–Crippen LogP) is 2.48. The zero-order valence-corrected chi connectivity index (χ0v) is 11.8. The van der Waals surface area contributed by atoms with Crippen molar-refractivity contribution in [2.45, 2.75) is 25.8 Å². The van der Waals surface area contributed by atoms with Crippen molar-refractivity contribution in [2.24, 2.45) is 17.6 Å². The van der Waals surface area contributed by atoms with E-state index < -0.39 is 0 Å². The second-order valence-corrected chi connectivity index (χ2v) is 5.86. The van der Waals surface area contributed by atoms with Crippen molar-refractivity contribution < 1.29 is 0 Å². The minimum absolute atomic E-state index is 0.209. The summed E-state index contributed by atoms with van der Waals surface area (Å²) in [5, 5.41) is 3.55. The molecule has 0 spiro atoms. The number of aromatic nitrogens is 1. The number of hydrogen-bond acceptors (Lipinski definition) is 3. The fraction of sp³-hybridized carbons (Fsp3) is 0.615. The number of halogens is 1. The zero-order valence-electron chi connectivity index (χ0n) is 10.2. The molecule has 2 unspecified atom stereocenters. The SMILES string of the molecule is CC(CNC(CN)c1cncc(Br)c1)C1CC1. The third kappa shape index (κ3) is 3.76.